The minimum absolute atomic E-state index is 0.0875. The fourth-order valence-electron chi connectivity index (χ4n) is 1.07. The lowest BCUT2D eigenvalue weighted by molar-refractivity contribution is 0.488. The Kier molecular flexibility index (Phi) is 4.03. The Morgan fingerprint density at radius 2 is 1.85 bits per heavy atom. The molecule has 13 heavy (non-hydrogen) atoms. The molecule has 0 aliphatic carbocycles. The van der Waals surface area contributed by atoms with Gasteiger partial charge in [0.25, 0.3) is 0 Å². The lowest BCUT2D eigenvalue weighted by Crippen LogP contribution is -2.05. The third-order valence-electron chi connectivity index (χ3n) is 1.59. The van der Waals surface area contributed by atoms with Crippen LogP contribution in [0.5, 0.6) is 0 Å². The average Bonchev–Trinajstić information content (AvgIpc) is 2.04. The van der Waals surface area contributed by atoms with Gasteiger partial charge in [0.1, 0.15) is 0 Å². The van der Waals surface area contributed by atoms with E-state index < -0.39 is 8.38 Å². The molecule has 1 rings (SSSR count). The summed E-state index contributed by atoms with van der Waals surface area (Å²) < 4.78 is 0. The molecule has 0 heterocycles. The number of rotatable bonds is 4. The van der Waals surface area contributed by atoms with Gasteiger partial charge in [-0.3, -0.25) is 0 Å². The monoisotopic (exact) mass is 197 g/mol. The molecule has 4 heteroatoms. The summed E-state index contributed by atoms with van der Waals surface area (Å²) in [5, 5.41) is 7.45. The summed E-state index contributed by atoms with van der Waals surface area (Å²) in [7, 11) is -1.96. The number of hydrogen-bond donors (Lipinski definition) is 3. The van der Waals surface area contributed by atoms with Crippen molar-refractivity contribution >= 4 is 14.1 Å². The fraction of sp³-hybridized carbons (Fsp3) is 0.222. The third kappa shape index (κ3) is 4.13. The summed E-state index contributed by atoms with van der Waals surface area (Å²) in [4.78, 5) is 17.4. The van der Waals surface area contributed by atoms with Crippen LogP contribution in [0.3, 0.4) is 0 Å². The Morgan fingerprint density at radius 1 is 1.23 bits per heavy atom. The van der Waals surface area contributed by atoms with Gasteiger partial charge in [-0.15, -0.1) is 0 Å². The molecule has 1 aromatic carbocycles. The van der Waals surface area contributed by atoms with Gasteiger partial charge < -0.3 is 15.2 Å². The first-order chi connectivity index (χ1) is 6.18. The van der Waals surface area contributed by atoms with E-state index in [9.17, 15) is 0 Å². The van der Waals surface area contributed by atoms with Crippen molar-refractivity contribution in [2.24, 2.45) is 0 Å². The largest absolute Gasteiger partial charge is 0.350 e. The van der Waals surface area contributed by atoms with Gasteiger partial charge >= 0.3 is 0 Å². The van der Waals surface area contributed by atoms with Gasteiger partial charge in [-0.2, -0.15) is 0 Å². The molecule has 0 saturated heterocycles. The molecule has 0 atom stereocenters. The van der Waals surface area contributed by atoms with Crippen molar-refractivity contribution in [3.8, 4) is 0 Å². The smallest absolute Gasteiger partial charge is 0.170 e. The Balaban J connectivity index is 2.46. The average molecular weight is 197 g/mol. The number of nitrogens with one attached hydrogen (secondary N) is 1. The minimum atomic E-state index is -1.96. The molecule has 0 saturated carbocycles. The van der Waals surface area contributed by atoms with Crippen molar-refractivity contribution in [3.63, 3.8) is 0 Å². The molecule has 0 aromatic heterocycles. The van der Waals surface area contributed by atoms with E-state index in [0.717, 1.165) is 5.56 Å². The van der Waals surface area contributed by atoms with Crippen molar-refractivity contribution in [2.45, 2.75) is 6.42 Å². The van der Waals surface area contributed by atoms with E-state index in [4.69, 9.17) is 15.2 Å². The first-order valence-corrected chi connectivity index (χ1v) is 5.37. The quantitative estimate of drug-likeness (QED) is 0.506. The van der Waals surface area contributed by atoms with Crippen LogP contribution in [-0.4, -0.2) is 21.7 Å². The Bertz CT molecular complexity index is 274. The summed E-state index contributed by atoms with van der Waals surface area (Å²) in [6, 6.07) is 9.57. The molecule has 70 valence electrons. The second-order valence-corrected chi connectivity index (χ2v) is 3.86. The summed E-state index contributed by atoms with van der Waals surface area (Å²) >= 11 is 0. The molecule has 0 aliphatic rings. The maximum Gasteiger partial charge on any atom is 0.170 e. The van der Waals surface area contributed by atoms with Crippen molar-refractivity contribution in [3.05, 3.63) is 35.9 Å². The van der Waals surface area contributed by atoms with Gasteiger partial charge in [0.2, 0.25) is 0 Å². The minimum Gasteiger partial charge on any atom is -0.350 e. The first-order valence-electron chi connectivity index (χ1n) is 3.94. The zero-order valence-electron chi connectivity index (χ0n) is 7.14. The van der Waals surface area contributed by atoms with Crippen LogP contribution in [0.4, 0.5) is 0 Å². The summed E-state index contributed by atoms with van der Waals surface area (Å²) in [6.45, 7) is 0. The van der Waals surface area contributed by atoms with Crippen LogP contribution in [0.25, 0.3) is 0 Å². The van der Waals surface area contributed by atoms with Crippen LogP contribution < -0.4 is 0 Å². The van der Waals surface area contributed by atoms with E-state index in [1.54, 1.807) is 0 Å². The van der Waals surface area contributed by atoms with Crippen LogP contribution in [0.1, 0.15) is 5.56 Å². The van der Waals surface area contributed by atoms with Gasteiger partial charge in [0.15, 0.2) is 8.38 Å². The van der Waals surface area contributed by atoms with E-state index in [-0.39, 0.29) is 6.16 Å². The van der Waals surface area contributed by atoms with Crippen LogP contribution in [-0.2, 0) is 6.42 Å². The highest BCUT2D eigenvalue weighted by Gasteiger charge is 2.04. The Hall–Kier alpha value is -0.760. The zero-order chi connectivity index (χ0) is 9.68. The van der Waals surface area contributed by atoms with Gasteiger partial charge in [0, 0.05) is 12.1 Å². The highest BCUT2D eigenvalue weighted by atomic mass is 31.2. The summed E-state index contributed by atoms with van der Waals surface area (Å²) in [5.74, 6) is 0. The van der Waals surface area contributed by atoms with Gasteiger partial charge in [-0.05, 0) is 5.56 Å². The Morgan fingerprint density at radius 3 is 2.38 bits per heavy atom. The van der Waals surface area contributed by atoms with Crippen LogP contribution >= 0.6 is 8.38 Å². The maximum atomic E-state index is 8.68. The molecular weight excluding hydrogens is 185 g/mol. The predicted molar refractivity (Wildman–Crippen MR) is 54.1 cm³/mol. The molecule has 3 N–H and O–H groups in total. The van der Waals surface area contributed by atoms with Crippen molar-refractivity contribution in [1.29, 1.82) is 5.41 Å². The second-order valence-electron chi connectivity index (χ2n) is 2.80. The normalized spacial score (nSPS) is 10.4. The first kappa shape index (κ1) is 10.3. The van der Waals surface area contributed by atoms with Crippen LogP contribution in [0, 0.1) is 5.41 Å². The number of benzene rings is 1. The molecule has 0 radical (unpaired) electrons. The Labute approximate surface area is 78.5 Å². The molecule has 0 spiro atoms. The molecule has 0 aliphatic heterocycles. The van der Waals surface area contributed by atoms with E-state index in [1.165, 1.54) is 0 Å². The van der Waals surface area contributed by atoms with Gasteiger partial charge in [-0.25, -0.2) is 0 Å². The van der Waals surface area contributed by atoms with E-state index in [0.29, 0.717) is 12.1 Å². The highest BCUT2D eigenvalue weighted by molar-refractivity contribution is 7.46. The van der Waals surface area contributed by atoms with Gasteiger partial charge in [-0.1, -0.05) is 30.3 Å². The SMILES string of the molecule is N=C(Cc1ccccc1)CP(O)O. The second kappa shape index (κ2) is 5.07. The van der Waals surface area contributed by atoms with Crippen LogP contribution in [0.2, 0.25) is 0 Å². The standard InChI is InChI=1S/C9H12NO2P/c10-9(7-13(11)12)6-8-4-2-1-3-5-8/h1-5,10-12H,6-7H2. The molecule has 0 fully saturated rings. The molecule has 1 aromatic rings. The molecule has 0 unspecified atom stereocenters. The lowest BCUT2D eigenvalue weighted by atomic mass is 10.1. The van der Waals surface area contributed by atoms with Crippen molar-refractivity contribution < 1.29 is 9.79 Å². The topological polar surface area (TPSA) is 64.3 Å². The molecular formula is C9H12NO2P. The van der Waals surface area contributed by atoms with E-state index in [1.807, 2.05) is 30.3 Å². The lowest BCUT2D eigenvalue weighted by Gasteiger charge is -2.04. The highest BCUT2D eigenvalue weighted by Crippen LogP contribution is 2.22. The molecule has 0 bridgehead atoms. The van der Waals surface area contributed by atoms with E-state index in [2.05, 4.69) is 0 Å². The predicted octanol–water partition coefficient (Wildman–Crippen LogP) is 1.55. The fourth-order valence-corrected chi connectivity index (χ4v) is 1.52. The van der Waals surface area contributed by atoms with E-state index >= 15 is 0 Å². The molecule has 0 amide bonds. The number of hydrogen-bond acceptors (Lipinski definition) is 3. The van der Waals surface area contributed by atoms with Gasteiger partial charge in [0.05, 0.1) is 6.16 Å². The molecule has 3 nitrogen and oxygen atoms in total. The zero-order valence-corrected chi connectivity index (χ0v) is 8.04. The van der Waals surface area contributed by atoms with Crippen LogP contribution in [0.15, 0.2) is 30.3 Å². The van der Waals surface area contributed by atoms with Crippen molar-refractivity contribution in [1.82, 2.24) is 0 Å². The third-order valence-corrected chi connectivity index (χ3v) is 2.26. The maximum absolute atomic E-state index is 8.68. The van der Waals surface area contributed by atoms with Crippen molar-refractivity contribution in [2.75, 3.05) is 6.16 Å². The summed E-state index contributed by atoms with van der Waals surface area (Å²) in [5.41, 5.74) is 1.40. The summed E-state index contributed by atoms with van der Waals surface area (Å²) in [6.07, 6.45) is 0.588.